The molecule has 1 aromatic heterocycles. The minimum absolute atomic E-state index is 0.00286. The average Bonchev–Trinajstić information content (AvgIpc) is 3.21. The Balaban J connectivity index is 1.65. The van der Waals surface area contributed by atoms with E-state index in [0.717, 1.165) is 16.7 Å². The first-order chi connectivity index (χ1) is 13.9. The molecule has 29 heavy (non-hydrogen) atoms. The Morgan fingerprint density at radius 3 is 2.28 bits per heavy atom. The largest absolute Gasteiger partial charge is 0.347 e. The average molecular weight is 407 g/mol. The number of hydrogen-bond acceptors (Lipinski definition) is 3. The van der Waals surface area contributed by atoms with Crippen LogP contribution in [0.3, 0.4) is 0 Å². The van der Waals surface area contributed by atoms with Crippen molar-refractivity contribution in [2.75, 3.05) is 7.05 Å². The van der Waals surface area contributed by atoms with E-state index >= 15 is 0 Å². The summed E-state index contributed by atoms with van der Waals surface area (Å²) in [6.07, 6.45) is 0. The Morgan fingerprint density at radius 2 is 1.66 bits per heavy atom. The van der Waals surface area contributed by atoms with Crippen molar-refractivity contribution in [2.24, 2.45) is 0 Å². The monoisotopic (exact) mass is 406 g/mol. The van der Waals surface area contributed by atoms with Crippen molar-refractivity contribution < 1.29 is 9.59 Å². The van der Waals surface area contributed by atoms with Crippen LogP contribution < -0.4 is 5.32 Å². The lowest BCUT2D eigenvalue weighted by atomic mass is 10.0. The molecule has 0 aliphatic heterocycles. The van der Waals surface area contributed by atoms with Crippen LogP contribution in [0.25, 0.3) is 11.1 Å². The summed E-state index contributed by atoms with van der Waals surface area (Å²) in [7, 11) is 1.80. The van der Waals surface area contributed by atoms with Gasteiger partial charge in [-0.2, -0.15) is 0 Å². The van der Waals surface area contributed by atoms with Gasteiger partial charge in [0.2, 0.25) is 0 Å². The number of thiophene rings is 1. The zero-order chi connectivity index (χ0) is 21.0. The maximum absolute atomic E-state index is 12.7. The molecule has 0 unspecified atom stereocenters. The minimum Gasteiger partial charge on any atom is -0.347 e. The molecule has 3 aromatic rings. The summed E-state index contributed by atoms with van der Waals surface area (Å²) < 4.78 is 0. The topological polar surface area (TPSA) is 49.4 Å². The fourth-order valence-corrected chi connectivity index (χ4v) is 3.74. The molecule has 5 heteroatoms. The summed E-state index contributed by atoms with van der Waals surface area (Å²) >= 11 is 1.44. The molecular formula is C24H26N2O2S. The van der Waals surface area contributed by atoms with E-state index in [1.165, 1.54) is 16.9 Å². The van der Waals surface area contributed by atoms with Gasteiger partial charge in [-0.15, -0.1) is 11.3 Å². The molecule has 0 saturated heterocycles. The van der Waals surface area contributed by atoms with Crippen molar-refractivity contribution in [3.63, 3.8) is 0 Å². The van der Waals surface area contributed by atoms with Gasteiger partial charge in [-0.25, -0.2) is 0 Å². The maximum Gasteiger partial charge on any atom is 0.262 e. The zero-order valence-electron chi connectivity index (χ0n) is 17.2. The van der Waals surface area contributed by atoms with Crippen LogP contribution in [-0.4, -0.2) is 29.8 Å². The van der Waals surface area contributed by atoms with Crippen LogP contribution >= 0.6 is 11.3 Å². The summed E-state index contributed by atoms with van der Waals surface area (Å²) in [6.45, 7) is 6.43. The Labute approximate surface area is 176 Å². The molecule has 150 valence electrons. The van der Waals surface area contributed by atoms with Gasteiger partial charge in [0.15, 0.2) is 0 Å². The third-order valence-corrected chi connectivity index (χ3v) is 5.90. The van der Waals surface area contributed by atoms with Gasteiger partial charge in [-0.1, -0.05) is 42.0 Å². The molecule has 0 radical (unpaired) electrons. The fraction of sp³-hybridized carbons (Fsp3) is 0.250. The van der Waals surface area contributed by atoms with Gasteiger partial charge in [0.25, 0.3) is 11.8 Å². The fourth-order valence-electron chi connectivity index (χ4n) is 2.91. The molecule has 2 aromatic carbocycles. The standard InChI is InChI=1S/C24H26N2O2S/c1-16(2)26(4)24(28)20-11-7-18(8-12-20)15-25-23(27)22-21(13-14-29-22)19-9-5-17(3)6-10-19/h5-14,16H,15H2,1-4H3,(H,25,27). The van der Waals surface area contributed by atoms with Crippen molar-refractivity contribution in [1.29, 1.82) is 0 Å². The number of hydrogen-bond donors (Lipinski definition) is 1. The molecule has 1 heterocycles. The zero-order valence-corrected chi connectivity index (χ0v) is 18.0. The lowest BCUT2D eigenvalue weighted by Gasteiger charge is -2.21. The van der Waals surface area contributed by atoms with Gasteiger partial charge in [0.1, 0.15) is 0 Å². The van der Waals surface area contributed by atoms with Crippen molar-refractivity contribution in [3.8, 4) is 11.1 Å². The normalized spacial score (nSPS) is 10.8. The highest BCUT2D eigenvalue weighted by Crippen LogP contribution is 2.28. The first-order valence-electron chi connectivity index (χ1n) is 9.65. The lowest BCUT2D eigenvalue weighted by molar-refractivity contribution is 0.0754. The molecule has 0 saturated carbocycles. The number of nitrogens with one attached hydrogen (secondary N) is 1. The van der Waals surface area contributed by atoms with E-state index in [2.05, 4.69) is 5.32 Å². The van der Waals surface area contributed by atoms with E-state index in [4.69, 9.17) is 0 Å². The van der Waals surface area contributed by atoms with E-state index in [9.17, 15) is 9.59 Å². The molecule has 0 atom stereocenters. The molecule has 3 rings (SSSR count). The lowest BCUT2D eigenvalue weighted by Crippen LogP contribution is -2.32. The van der Waals surface area contributed by atoms with E-state index in [0.29, 0.717) is 17.0 Å². The first kappa shape index (κ1) is 20.8. The van der Waals surface area contributed by atoms with Crippen molar-refractivity contribution in [3.05, 3.63) is 81.5 Å². The van der Waals surface area contributed by atoms with E-state index in [1.54, 1.807) is 11.9 Å². The van der Waals surface area contributed by atoms with Crippen LogP contribution in [0.15, 0.2) is 60.0 Å². The highest BCUT2D eigenvalue weighted by molar-refractivity contribution is 7.12. The van der Waals surface area contributed by atoms with E-state index < -0.39 is 0 Å². The molecular weight excluding hydrogens is 380 g/mol. The Kier molecular flexibility index (Phi) is 6.49. The third kappa shape index (κ3) is 4.93. The molecule has 2 amide bonds. The van der Waals surface area contributed by atoms with Crippen LogP contribution in [0.2, 0.25) is 0 Å². The SMILES string of the molecule is Cc1ccc(-c2ccsc2C(=O)NCc2ccc(C(=O)N(C)C(C)C)cc2)cc1. The molecule has 0 bridgehead atoms. The summed E-state index contributed by atoms with van der Waals surface area (Å²) in [5.74, 6) is -0.0906. The smallest absolute Gasteiger partial charge is 0.262 e. The molecule has 0 fully saturated rings. The number of nitrogens with zero attached hydrogens (tertiary/aromatic N) is 1. The Bertz CT molecular complexity index is 988. The van der Waals surface area contributed by atoms with Gasteiger partial charge in [0, 0.05) is 30.8 Å². The predicted molar refractivity (Wildman–Crippen MR) is 119 cm³/mol. The number of benzene rings is 2. The number of carbonyl (C=O) groups excluding carboxylic acids is 2. The van der Waals surface area contributed by atoms with Gasteiger partial charge >= 0.3 is 0 Å². The van der Waals surface area contributed by atoms with Gasteiger partial charge in [-0.05, 0) is 55.5 Å². The van der Waals surface area contributed by atoms with Gasteiger partial charge < -0.3 is 10.2 Å². The van der Waals surface area contributed by atoms with Gasteiger partial charge in [0.05, 0.1) is 4.88 Å². The molecule has 4 nitrogen and oxygen atoms in total. The molecule has 0 aliphatic carbocycles. The second-order valence-corrected chi connectivity index (χ2v) is 8.33. The second kappa shape index (κ2) is 9.05. The van der Waals surface area contributed by atoms with E-state index in [-0.39, 0.29) is 17.9 Å². The van der Waals surface area contributed by atoms with Crippen LogP contribution in [-0.2, 0) is 6.54 Å². The highest BCUT2D eigenvalue weighted by atomic mass is 32.1. The number of aryl methyl sites for hydroxylation is 1. The summed E-state index contributed by atoms with van der Waals surface area (Å²) in [5, 5.41) is 4.93. The Morgan fingerprint density at radius 1 is 1.00 bits per heavy atom. The Hall–Kier alpha value is -2.92. The second-order valence-electron chi connectivity index (χ2n) is 7.42. The number of amides is 2. The summed E-state index contributed by atoms with van der Waals surface area (Å²) in [5.41, 5.74) is 4.78. The summed E-state index contributed by atoms with van der Waals surface area (Å²) in [6, 6.07) is 17.7. The first-order valence-corrected chi connectivity index (χ1v) is 10.5. The van der Waals surface area contributed by atoms with E-state index in [1.807, 2.05) is 80.7 Å². The predicted octanol–water partition coefficient (Wildman–Crippen LogP) is 5.13. The molecule has 0 spiro atoms. The maximum atomic E-state index is 12.7. The number of rotatable bonds is 6. The highest BCUT2D eigenvalue weighted by Gasteiger charge is 2.16. The van der Waals surface area contributed by atoms with Crippen molar-refractivity contribution >= 4 is 23.2 Å². The van der Waals surface area contributed by atoms with Crippen LogP contribution in [0.1, 0.15) is 45.0 Å². The van der Waals surface area contributed by atoms with Crippen LogP contribution in [0.5, 0.6) is 0 Å². The van der Waals surface area contributed by atoms with Crippen molar-refractivity contribution in [1.82, 2.24) is 10.2 Å². The molecule has 1 N–H and O–H groups in total. The number of carbonyl (C=O) groups is 2. The summed E-state index contributed by atoms with van der Waals surface area (Å²) in [4.78, 5) is 27.5. The quantitative estimate of drug-likeness (QED) is 0.617. The van der Waals surface area contributed by atoms with Crippen LogP contribution in [0, 0.1) is 6.92 Å². The van der Waals surface area contributed by atoms with Crippen LogP contribution in [0.4, 0.5) is 0 Å². The van der Waals surface area contributed by atoms with Gasteiger partial charge in [-0.3, -0.25) is 9.59 Å². The third-order valence-electron chi connectivity index (χ3n) is 4.98. The molecule has 0 aliphatic rings. The minimum atomic E-state index is -0.0877. The van der Waals surface area contributed by atoms with Crippen molar-refractivity contribution in [2.45, 2.75) is 33.4 Å².